The molecule has 0 bridgehead atoms. The minimum absolute atomic E-state index is 0.182. The molecule has 0 saturated heterocycles. The maximum atomic E-state index is 11.7. The predicted octanol–water partition coefficient (Wildman–Crippen LogP) is 1.74. The first-order valence-corrected chi connectivity index (χ1v) is 8.68. The normalized spacial score (nSPS) is 11.4. The molecular weight excluding hydrogens is 344 g/mol. The number of primary amides is 1. The van der Waals surface area contributed by atoms with Gasteiger partial charge in [0.15, 0.2) is 5.82 Å². The second kappa shape index (κ2) is 6.35. The van der Waals surface area contributed by atoms with Gasteiger partial charge in [-0.3, -0.25) is 14.2 Å². The van der Waals surface area contributed by atoms with E-state index in [0.29, 0.717) is 11.5 Å². The largest absolute Gasteiger partial charge is 0.364 e. The van der Waals surface area contributed by atoms with E-state index in [1.165, 1.54) is 0 Å². The fraction of sp³-hybridized carbons (Fsp3) is 0.278. The predicted molar refractivity (Wildman–Crippen MR) is 101 cm³/mol. The van der Waals surface area contributed by atoms with Gasteiger partial charge in [-0.2, -0.15) is 10.2 Å². The zero-order chi connectivity index (χ0) is 19.1. The summed E-state index contributed by atoms with van der Waals surface area (Å²) in [4.78, 5) is 21.0. The van der Waals surface area contributed by atoms with Crippen molar-refractivity contribution in [2.45, 2.75) is 19.9 Å². The number of pyridine rings is 1. The molecule has 4 aromatic heterocycles. The second-order valence-corrected chi connectivity index (χ2v) is 6.42. The summed E-state index contributed by atoms with van der Waals surface area (Å²) < 4.78 is 5.50. The van der Waals surface area contributed by atoms with Crippen molar-refractivity contribution in [2.24, 2.45) is 19.8 Å². The molecule has 9 heteroatoms. The summed E-state index contributed by atoms with van der Waals surface area (Å²) in [6.45, 7) is 2.92. The number of imidazole rings is 1. The van der Waals surface area contributed by atoms with E-state index in [1.807, 2.05) is 35.6 Å². The van der Waals surface area contributed by atoms with Gasteiger partial charge < -0.3 is 10.3 Å². The van der Waals surface area contributed by atoms with Crippen LogP contribution >= 0.6 is 0 Å². The highest BCUT2D eigenvalue weighted by Crippen LogP contribution is 2.29. The maximum Gasteiger partial charge on any atom is 0.267 e. The Kier molecular flexibility index (Phi) is 3.98. The number of carbonyl (C=O) groups excluding carboxylic acids is 1. The van der Waals surface area contributed by atoms with Crippen LogP contribution < -0.4 is 5.73 Å². The van der Waals surface area contributed by atoms with E-state index in [2.05, 4.69) is 22.1 Å². The average Bonchev–Trinajstić information content (AvgIpc) is 3.34. The molecule has 0 saturated carbocycles. The molecule has 0 aromatic carbocycles. The standard InChI is InChI=1S/C18H20N8O/c1-4-7-26-14(5-6-20-26)13-10-24(2)18(23-13)16-11-9-21-25(3)15(11)8-12(22-16)17(19)27/h5-6,8-10H,4,7H2,1-3H3,(H2,19,27). The molecule has 0 atom stereocenters. The fourth-order valence-corrected chi connectivity index (χ4v) is 3.19. The van der Waals surface area contributed by atoms with Gasteiger partial charge in [0.1, 0.15) is 17.1 Å². The van der Waals surface area contributed by atoms with Crippen molar-refractivity contribution >= 4 is 16.8 Å². The third-order valence-electron chi connectivity index (χ3n) is 4.50. The Morgan fingerprint density at radius 1 is 1.22 bits per heavy atom. The minimum Gasteiger partial charge on any atom is -0.364 e. The number of aromatic nitrogens is 7. The van der Waals surface area contributed by atoms with Crippen molar-refractivity contribution in [1.29, 1.82) is 0 Å². The van der Waals surface area contributed by atoms with E-state index >= 15 is 0 Å². The van der Waals surface area contributed by atoms with Gasteiger partial charge in [0.2, 0.25) is 0 Å². The molecule has 0 unspecified atom stereocenters. The van der Waals surface area contributed by atoms with Gasteiger partial charge in [0, 0.05) is 38.4 Å². The van der Waals surface area contributed by atoms with E-state index in [9.17, 15) is 4.79 Å². The van der Waals surface area contributed by atoms with Crippen LogP contribution in [-0.4, -0.2) is 40.0 Å². The first-order chi connectivity index (χ1) is 13.0. The molecule has 0 aliphatic rings. The molecule has 1 amide bonds. The van der Waals surface area contributed by atoms with Crippen LogP contribution in [0, 0.1) is 0 Å². The molecule has 4 rings (SSSR count). The lowest BCUT2D eigenvalue weighted by molar-refractivity contribution is 0.0996. The number of nitrogens with two attached hydrogens (primary N) is 1. The zero-order valence-corrected chi connectivity index (χ0v) is 15.4. The lowest BCUT2D eigenvalue weighted by Crippen LogP contribution is -2.14. The quantitative estimate of drug-likeness (QED) is 0.580. The van der Waals surface area contributed by atoms with Crippen LogP contribution in [0.15, 0.2) is 30.7 Å². The van der Waals surface area contributed by atoms with Crippen molar-refractivity contribution < 1.29 is 4.79 Å². The number of fused-ring (bicyclic) bond motifs is 1. The average molecular weight is 364 g/mol. The maximum absolute atomic E-state index is 11.7. The Labute approximate surface area is 155 Å². The van der Waals surface area contributed by atoms with Crippen molar-refractivity contribution in [3.05, 3.63) is 36.4 Å². The Morgan fingerprint density at radius 3 is 2.78 bits per heavy atom. The second-order valence-electron chi connectivity index (χ2n) is 6.42. The highest BCUT2D eigenvalue weighted by molar-refractivity contribution is 5.99. The van der Waals surface area contributed by atoms with Gasteiger partial charge in [0.05, 0.1) is 17.4 Å². The van der Waals surface area contributed by atoms with E-state index in [-0.39, 0.29) is 5.69 Å². The third-order valence-corrected chi connectivity index (χ3v) is 4.50. The summed E-state index contributed by atoms with van der Waals surface area (Å²) in [5.74, 6) is 0.0464. The summed E-state index contributed by atoms with van der Waals surface area (Å²) in [6, 6.07) is 3.59. The number of hydrogen-bond donors (Lipinski definition) is 1. The van der Waals surface area contributed by atoms with E-state index in [0.717, 1.165) is 35.3 Å². The van der Waals surface area contributed by atoms with Gasteiger partial charge in [-0.15, -0.1) is 0 Å². The lowest BCUT2D eigenvalue weighted by atomic mass is 10.2. The summed E-state index contributed by atoms with van der Waals surface area (Å²) in [5, 5.41) is 9.45. The molecule has 2 N–H and O–H groups in total. The molecule has 4 heterocycles. The minimum atomic E-state index is -0.588. The Morgan fingerprint density at radius 2 is 2.04 bits per heavy atom. The molecular formula is C18H20N8O. The lowest BCUT2D eigenvalue weighted by Gasteiger charge is -2.05. The van der Waals surface area contributed by atoms with Gasteiger partial charge in [-0.1, -0.05) is 6.92 Å². The Bertz CT molecular complexity index is 1150. The SMILES string of the molecule is CCCn1nccc1-c1cn(C)c(-c2nc(C(N)=O)cc3c2cnn3C)n1. The van der Waals surface area contributed by atoms with Gasteiger partial charge >= 0.3 is 0 Å². The Hall–Kier alpha value is -3.49. The molecule has 0 spiro atoms. The van der Waals surface area contributed by atoms with E-state index in [1.54, 1.807) is 23.1 Å². The number of aryl methyl sites for hydroxylation is 3. The molecule has 0 aliphatic heterocycles. The number of hydrogen-bond acceptors (Lipinski definition) is 5. The van der Waals surface area contributed by atoms with Gasteiger partial charge in [-0.25, -0.2) is 9.97 Å². The van der Waals surface area contributed by atoms with Crippen molar-refractivity contribution in [3.63, 3.8) is 0 Å². The van der Waals surface area contributed by atoms with Crippen LogP contribution in [0.2, 0.25) is 0 Å². The highest BCUT2D eigenvalue weighted by Gasteiger charge is 2.19. The number of nitrogens with zero attached hydrogens (tertiary/aromatic N) is 7. The van der Waals surface area contributed by atoms with Crippen LogP contribution in [0.4, 0.5) is 0 Å². The summed E-state index contributed by atoms with van der Waals surface area (Å²) in [7, 11) is 3.71. The summed E-state index contributed by atoms with van der Waals surface area (Å²) in [6.07, 6.45) is 6.40. The van der Waals surface area contributed by atoms with E-state index in [4.69, 9.17) is 10.7 Å². The van der Waals surface area contributed by atoms with Crippen LogP contribution in [0.3, 0.4) is 0 Å². The summed E-state index contributed by atoms with van der Waals surface area (Å²) >= 11 is 0. The highest BCUT2D eigenvalue weighted by atomic mass is 16.1. The number of amides is 1. The monoisotopic (exact) mass is 364 g/mol. The molecule has 0 fully saturated rings. The van der Waals surface area contributed by atoms with E-state index < -0.39 is 5.91 Å². The zero-order valence-electron chi connectivity index (χ0n) is 15.4. The third kappa shape index (κ3) is 2.77. The Balaban J connectivity index is 1.91. The molecule has 0 radical (unpaired) electrons. The fourth-order valence-electron chi connectivity index (χ4n) is 3.19. The molecule has 138 valence electrons. The number of rotatable bonds is 5. The first-order valence-electron chi connectivity index (χ1n) is 8.68. The topological polar surface area (TPSA) is 109 Å². The molecule has 27 heavy (non-hydrogen) atoms. The van der Waals surface area contributed by atoms with Crippen LogP contribution in [0.5, 0.6) is 0 Å². The van der Waals surface area contributed by atoms with Crippen molar-refractivity contribution in [2.75, 3.05) is 0 Å². The number of carbonyl (C=O) groups is 1. The molecule has 4 aromatic rings. The van der Waals surface area contributed by atoms with Crippen LogP contribution in [0.25, 0.3) is 33.8 Å². The van der Waals surface area contributed by atoms with Crippen molar-refractivity contribution in [1.82, 2.24) is 34.1 Å². The van der Waals surface area contributed by atoms with Crippen LogP contribution in [0.1, 0.15) is 23.8 Å². The molecule has 9 nitrogen and oxygen atoms in total. The van der Waals surface area contributed by atoms with Gasteiger partial charge in [-0.05, 0) is 18.6 Å². The first kappa shape index (κ1) is 17.0. The molecule has 0 aliphatic carbocycles. The van der Waals surface area contributed by atoms with Crippen molar-refractivity contribution in [3.8, 4) is 22.9 Å². The van der Waals surface area contributed by atoms with Crippen LogP contribution in [-0.2, 0) is 20.6 Å². The van der Waals surface area contributed by atoms with Gasteiger partial charge in [0.25, 0.3) is 5.91 Å². The summed E-state index contributed by atoms with van der Waals surface area (Å²) in [5.41, 5.74) is 8.73. The smallest absolute Gasteiger partial charge is 0.267 e.